The van der Waals surface area contributed by atoms with E-state index in [4.69, 9.17) is 27.2 Å². The van der Waals surface area contributed by atoms with Gasteiger partial charge >= 0.3 is 12.3 Å². The lowest BCUT2D eigenvalue weighted by Gasteiger charge is -2.30. The Labute approximate surface area is 257 Å². The van der Waals surface area contributed by atoms with Crippen molar-refractivity contribution in [3.05, 3.63) is 101 Å². The number of hydrazone groups is 1. The summed E-state index contributed by atoms with van der Waals surface area (Å²) in [5, 5.41) is 9.39. The Bertz CT molecular complexity index is 1510. The number of guanidine groups is 2. The number of amides is 1. The van der Waals surface area contributed by atoms with E-state index in [2.05, 4.69) is 14.7 Å². The zero-order chi connectivity index (χ0) is 31.2. The molecule has 3 aromatic rings. The Morgan fingerprint density at radius 3 is 2.30 bits per heavy atom. The van der Waals surface area contributed by atoms with E-state index in [-0.39, 0.29) is 17.8 Å². The van der Waals surface area contributed by atoms with Crippen LogP contribution < -0.4 is 11.1 Å². The number of ether oxygens (including phenoxy) is 1. The van der Waals surface area contributed by atoms with E-state index in [1.165, 1.54) is 12.1 Å². The zero-order valence-electron chi connectivity index (χ0n) is 23.6. The molecule has 3 aromatic carbocycles. The third-order valence-electron chi connectivity index (χ3n) is 6.02. The third-order valence-corrected chi connectivity index (χ3v) is 7.01. The fraction of sp³-hybridized carbons (Fsp3) is 0.267. The summed E-state index contributed by atoms with van der Waals surface area (Å²) in [4.78, 5) is 17.0. The summed E-state index contributed by atoms with van der Waals surface area (Å²) in [6, 6.07) is 21.8. The molecule has 13 heteroatoms. The average molecular weight is 631 g/mol. The summed E-state index contributed by atoms with van der Waals surface area (Å²) in [5.41, 5.74) is 7.15. The van der Waals surface area contributed by atoms with Crippen LogP contribution in [0.2, 0.25) is 5.02 Å². The molecule has 8 nitrogen and oxygen atoms in total. The van der Waals surface area contributed by atoms with Crippen LogP contribution in [0, 0.1) is 0 Å². The topological polar surface area (TPSA) is 105 Å². The highest BCUT2D eigenvalue weighted by molar-refractivity contribution is 7.98. The van der Waals surface area contributed by atoms with Gasteiger partial charge in [0, 0.05) is 34.3 Å². The molecule has 1 heterocycles. The summed E-state index contributed by atoms with van der Waals surface area (Å²) in [6.07, 6.45) is -4.64. The maximum Gasteiger partial charge on any atom is 0.416 e. The molecule has 1 unspecified atom stereocenters. The van der Waals surface area contributed by atoms with Gasteiger partial charge in [0.1, 0.15) is 5.60 Å². The van der Waals surface area contributed by atoms with Gasteiger partial charge in [-0.2, -0.15) is 27.7 Å². The van der Waals surface area contributed by atoms with Gasteiger partial charge in [0.2, 0.25) is 5.96 Å². The van der Waals surface area contributed by atoms with E-state index >= 15 is 0 Å². The van der Waals surface area contributed by atoms with Crippen molar-refractivity contribution in [2.45, 2.75) is 49.8 Å². The molecular formula is C30H30ClF3N6O2S. The molecule has 43 heavy (non-hydrogen) atoms. The van der Waals surface area contributed by atoms with Gasteiger partial charge in [0.15, 0.2) is 0 Å². The van der Waals surface area contributed by atoms with Crippen LogP contribution in [-0.2, 0) is 10.9 Å². The first-order chi connectivity index (χ1) is 20.3. The molecule has 0 saturated carbocycles. The van der Waals surface area contributed by atoms with Gasteiger partial charge in [0.05, 0.1) is 11.3 Å². The zero-order valence-corrected chi connectivity index (χ0v) is 25.2. The second-order valence-electron chi connectivity index (χ2n) is 10.5. The van der Waals surface area contributed by atoms with Gasteiger partial charge in [-0.25, -0.2) is 9.80 Å². The van der Waals surface area contributed by atoms with E-state index < -0.39 is 23.4 Å². The van der Waals surface area contributed by atoms with Crippen LogP contribution in [0.25, 0.3) is 0 Å². The van der Waals surface area contributed by atoms with Gasteiger partial charge in [-0.3, -0.25) is 5.32 Å². The van der Waals surface area contributed by atoms with Crippen LogP contribution in [0.4, 0.5) is 18.0 Å². The molecular weight excluding hydrogens is 601 g/mol. The summed E-state index contributed by atoms with van der Waals surface area (Å²) < 4.78 is 48.8. The van der Waals surface area contributed by atoms with Crippen molar-refractivity contribution < 1.29 is 22.7 Å². The number of aliphatic imine (C=N–C) groups is 1. The Morgan fingerprint density at radius 1 is 1.05 bits per heavy atom. The highest BCUT2D eigenvalue weighted by atomic mass is 35.5. The number of nitrogens with two attached hydrogens (primary N) is 1. The predicted octanol–water partition coefficient (Wildman–Crippen LogP) is 7.46. The van der Waals surface area contributed by atoms with Gasteiger partial charge in [0.25, 0.3) is 5.96 Å². The number of carbonyl (C=O) groups is 1. The number of hydrogen-bond acceptors (Lipinski definition) is 5. The lowest BCUT2D eigenvalue weighted by molar-refractivity contribution is -0.137. The van der Waals surface area contributed by atoms with E-state index in [0.29, 0.717) is 22.9 Å². The lowest BCUT2D eigenvalue weighted by Crippen LogP contribution is -2.42. The number of rotatable bonds is 4. The van der Waals surface area contributed by atoms with Crippen molar-refractivity contribution in [1.29, 1.82) is 0 Å². The number of benzene rings is 3. The van der Waals surface area contributed by atoms with Crippen molar-refractivity contribution in [1.82, 2.24) is 10.3 Å². The van der Waals surface area contributed by atoms with Gasteiger partial charge in [-0.15, -0.1) is 0 Å². The molecule has 3 N–H and O–H groups in total. The molecule has 0 spiro atoms. The van der Waals surface area contributed by atoms with E-state index in [1.54, 1.807) is 37.9 Å². The summed E-state index contributed by atoms with van der Waals surface area (Å²) in [6.45, 7) is 5.50. The number of alkyl halides is 3. The molecule has 0 saturated heterocycles. The van der Waals surface area contributed by atoms with Gasteiger partial charge in [-0.05, 0) is 74.7 Å². The number of nitrogens with one attached hydrogen (secondary N) is 1. The molecule has 0 fully saturated rings. The Hall–Kier alpha value is -4.03. The third kappa shape index (κ3) is 9.23. The highest BCUT2D eigenvalue weighted by Gasteiger charge is 2.30. The van der Waals surface area contributed by atoms with Gasteiger partial charge < -0.3 is 10.5 Å². The van der Waals surface area contributed by atoms with Crippen LogP contribution in [0.15, 0.2) is 98.2 Å². The molecule has 0 aromatic heterocycles. The minimum Gasteiger partial charge on any atom is -0.444 e. The Kier molecular flexibility index (Phi) is 10.0. The van der Waals surface area contributed by atoms with Crippen LogP contribution in [-0.4, -0.2) is 40.9 Å². The van der Waals surface area contributed by atoms with Crippen molar-refractivity contribution >= 4 is 47.3 Å². The molecule has 1 amide bonds. The largest absolute Gasteiger partial charge is 0.444 e. The SMILES string of the molecule is CC(C)(C)OC(=O)N/C(N)=N\C(=N\Sc1ccc(C(F)(F)F)cc1)N1CCC(c2ccccc2)C(c2ccc(Cl)cc2)=N1. The summed E-state index contributed by atoms with van der Waals surface area (Å²) in [5.74, 6) is -0.325. The van der Waals surface area contributed by atoms with Crippen molar-refractivity contribution in [2.24, 2.45) is 20.2 Å². The Balaban J connectivity index is 1.71. The number of hydrogen-bond donors (Lipinski definition) is 2. The van der Waals surface area contributed by atoms with E-state index in [9.17, 15) is 18.0 Å². The van der Waals surface area contributed by atoms with Crippen molar-refractivity contribution in [3.63, 3.8) is 0 Å². The van der Waals surface area contributed by atoms with Crippen LogP contribution in [0.5, 0.6) is 0 Å². The first-order valence-electron chi connectivity index (χ1n) is 13.2. The standard InChI is InChI=1S/C30H30ClF3N6O2S/c1-29(2,3)42-28(41)37-26(35)36-27(39-43-23-15-11-21(12-16-23)30(32,33)34)40-18-17-24(19-7-5-4-6-8-19)25(38-40)20-9-13-22(31)14-10-20/h4-16,24H,17-18H2,1-3H3,(H3,35,36,37,39,41). The summed E-state index contributed by atoms with van der Waals surface area (Å²) in [7, 11) is 0. The molecule has 0 aliphatic carbocycles. The molecule has 0 bridgehead atoms. The van der Waals surface area contributed by atoms with Crippen LogP contribution in [0.3, 0.4) is 0 Å². The van der Waals surface area contributed by atoms with Crippen molar-refractivity contribution in [2.75, 3.05) is 6.54 Å². The van der Waals surface area contributed by atoms with Crippen molar-refractivity contribution in [3.8, 4) is 0 Å². The molecule has 1 aliphatic rings. The fourth-order valence-electron chi connectivity index (χ4n) is 4.14. The quantitative estimate of drug-likeness (QED) is 0.177. The average Bonchev–Trinajstić information content (AvgIpc) is 2.94. The molecule has 0 radical (unpaired) electrons. The van der Waals surface area contributed by atoms with Crippen LogP contribution in [0.1, 0.15) is 49.8 Å². The van der Waals surface area contributed by atoms with Crippen LogP contribution >= 0.6 is 23.5 Å². The minimum atomic E-state index is -4.46. The predicted molar refractivity (Wildman–Crippen MR) is 164 cm³/mol. The lowest BCUT2D eigenvalue weighted by atomic mass is 9.86. The molecule has 4 rings (SSSR count). The fourth-order valence-corrected chi connectivity index (χ4v) is 4.85. The Morgan fingerprint density at radius 2 is 1.70 bits per heavy atom. The minimum absolute atomic E-state index is 0.0245. The van der Waals surface area contributed by atoms with E-state index in [0.717, 1.165) is 40.9 Å². The smallest absolute Gasteiger partial charge is 0.416 e. The molecule has 1 atom stereocenters. The number of nitrogens with zero attached hydrogens (tertiary/aromatic N) is 4. The second kappa shape index (κ2) is 13.5. The monoisotopic (exact) mass is 630 g/mol. The maximum atomic E-state index is 13.0. The first-order valence-corrected chi connectivity index (χ1v) is 14.4. The molecule has 226 valence electrons. The van der Waals surface area contributed by atoms with E-state index in [1.807, 2.05) is 42.5 Å². The normalized spacial score (nSPS) is 16.5. The summed E-state index contributed by atoms with van der Waals surface area (Å²) >= 11 is 7.04. The van der Waals surface area contributed by atoms with Gasteiger partial charge in [-0.1, -0.05) is 54.1 Å². The maximum absolute atomic E-state index is 13.0. The highest BCUT2D eigenvalue weighted by Crippen LogP contribution is 2.33. The molecule has 1 aliphatic heterocycles. The second-order valence-corrected chi connectivity index (χ2v) is 11.8. The number of carbonyl (C=O) groups excluding carboxylic acids is 1. The first kappa shape index (κ1) is 31.9. The number of alkyl carbamates (subject to hydrolysis) is 1. The number of halogens is 4.